The SMILES string of the molecule is COc1ccc(C[C@@H]2C[C@@H](OC=O)CCN2C(=O)c2cc(C)cc(C)c2)cc1. The zero-order chi connectivity index (χ0) is 20.1. The summed E-state index contributed by atoms with van der Waals surface area (Å²) in [7, 11) is 1.64. The summed E-state index contributed by atoms with van der Waals surface area (Å²) < 4.78 is 10.4. The van der Waals surface area contributed by atoms with Crippen LogP contribution in [0, 0.1) is 13.8 Å². The summed E-state index contributed by atoms with van der Waals surface area (Å²) in [4.78, 5) is 26.0. The summed E-state index contributed by atoms with van der Waals surface area (Å²) in [5.74, 6) is 0.840. The highest BCUT2D eigenvalue weighted by molar-refractivity contribution is 5.95. The van der Waals surface area contributed by atoms with Crippen LogP contribution in [0.2, 0.25) is 0 Å². The number of methoxy groups -OCH3 is 1. The third-order valence-corrected chi connectivity index (χ3v) is 5.28. The number of carbonyl (C=O) groups excluding carboxylic acids is 2. The van der Waals surface area contributed by atoms with Crippen molar-refractivity contribution in [3.8, 4) is 5.75 Å². The fourth-order valence-electron chi connectivity index (χ4n) is 3.97. The molecule has 1 saturated heterocycles. The monoisotopic (exact) mass is 381 g/mol. The molecule has 148 valence electrons. The molecule has 0 aliphatic carbocycles. The smallest absolute Gasteiger partial charge is 0.293 e. The lowest BCUT2D eigenvalue weighted by molar-refractivity contribution is -0.136. The van der Waals surface area contributed by atoms with Gasteiger partial charge in [-0.15, -0.1) is 0 Å². The summed E-state index contributed by atoms with van der Waals surface area (Å²) in [6, 6.07) is 13.8. The predicted octanol–water partition coefficient (Wildman–Crippen LogP) is 3.70. The zero-order valence-electron chi connectivity index (χ0n) is 16.7. The summed E-state index contributed by atoms with van der Waals surface area (Å²) in [5.41, 5.74) is 3.99. The van der Waals surface area contributed by atoms with Gasteiger partial charge in [0.25, 0.3) is 12.4 Å². The van der Waals surface area contributed by atoms with Crippen molar-refractivity contribution in [2.75, 3.05) is 13.7 Å². The molecule has 2 aromatic rings. The highest BCUT2D eigenvalue weighted by atomic mass is 16.5. The first kappa shape index (κ1) is 19.9. The van der Waals surface area contributed by atoms with Gasteiger partial charge in [-0.05, 0) is 50.1 Å². The van der Waals surface area contributed by atoms with Gasteiger partial charge in [-0.25, -0.2) is 0 Å². The van der Waals surface area contributed by atoms with Crippen molar-refractivity contribution in [1.82, 2.24) is 4.90 Å². The molecule has 0 N–H and O–H groups in total. The molecule has 0 bridgehead atoms. The molecule has 0 radical (unpaired) electrons. The molecule has 1 aliphatic heterocycles. The van der Waals surface area contributed by atoms with Crippen LogP contribution in [0.25, 0.3) is 0 Å². The quantitative estimate of drug-likeness (QED) is 0.716. The molecule has 3 rings (SSSR count). The van der Waals surface area contributed by atoms with Crippen molar-refractivity contribution >= 4 is 12.4 Å². The molecule has 1 fully saturated rings. The molecule has 1 amide bonds. The molecule has 0 unspecified atom stereocenters. The Hall–Kier alpha value is -2.82. The number of benzene rings is 2. The fraction of sp³-hybridized carbons (Fsp3) is 0.391. The van der Waals surface area contributed by atoms with Crippen LogP contribution in [0.5, 0.6) is 5.75 Å². The average molecular weight is 381 g/mol. The number of hydrogen-bond acceptors (Lipinski definition) is 4. The normalized spacial score (nSPS) is 19.2. The largest absolute Gasteiger partial charge is 0.497 e. The number of piperidine rings is 1. The van der Waals surface area contributed by atoms with Gasteiger partial charge in [-0.1, -0.05) is 29.3 Å². The maximum absolute atomic E-state index is 13.3. The first-order valence-electron chi connectivity index (χ1n) is 9.61. The minimum absolute atomic E-state index is 0.0274. The lowest BCUT2D eigenvalue weighted by Gasteiger charge is -2.39. The van der Waals surface area contributed by atoms with E-state index < -0.39 is 0 Å². The maximum Gasteiger partial charge on any atom is 0.293 e. The first-order chi connectivity index (χ1) is 13.5. The molecule has 5 heteroatoms. The number of hydrogen-bond donors (Lipinski definition) is 0. The van der Waals surface area contributed by atoms with E-state index in [2.05, 4.69) is 6.07 Å². The Labute approximate surface area is 166 Å². The lowest BCUT2D eigenvalue weighted by Crippen LogP contribution is -2.49. The van der Waals surface area contributed by atoms with Gasteiger partial charge in [0.05, 0.1) is 7.11 Å². The Balaban J connectivity index is 1.83. The maximum atomic E-state index is 13.3. The average Bonchev–Trinajstić information content (AvgIpc) is 2.68. The van der Waals surface area contributed by atoms with Crippen LogP contribution in [-0.2, 0) is 16.0 Å². The van der Waals surface area contributed by atoms with Crippen LogP contribution in [-0.4, -0.2) is 43.1 Å². The fourth-order valence-corrected chi connectivity index (χ4v) is 3.97. The van der Waals surface area contributed by atoms with Crippen molar-refractivity contribution in [1.29, 1.82) is 0 Å². The van der Waals surface area contributed by atoms with Gasteiger partial charge in [0.2, 0.25) is 0 Å². The Morgan fingerprint density at radius 3 is 2.43 bits per heavy atom. The predicted molar refractivity (Wildman–Crippen MR) is 108 cm³/mol. The molecule has 2 atom stereocenters. The van der Waals surface area contributed by atoms with Crippen LogP contribution in [0.15, 0.2) is 42.5 Å². The van der Waals surface area contributed by atoms with E-state index in [1.807, 2.05) is 55.1 Å². The Bertz CT molecular complexity index is 811. The Morgan fingerprint density at radius 2 is 1.82 bits per heavy atom. The van der Waals surface area contributed by atoms with Crippen LogP contribution in [0.3, 0.4) is 0 Å². The van der Waals surface area contributed by atoms with Gasteiger partial charge >= 0.3 is 0 Å². The second-order valence-corrected chi connectivity index (χ2v) is 7.46. The number of carbonyl (C=O) groups is 2. The molecular weight excluding hydrogens is 354 g/mol. The minimum atomic E-state index is -0.149. The van der Waals surface area contributed by atoms with Crippen molar-refractivity contribution in [3.63, 3.8) is 0 Å². The summed E-state index contributed by atoms with van der Waals surface area (Å²) >= 11 is 0. The molecule has 2 aromatic carbocycles. The summed E-state index contributed by atoms with van der Waals surface area (Å²) in [6.45, 7) is 5.09. The third-order valence-electron chi connectivity index (χ3n) is 5.28. The Morgan fingerprint density at radius 1 is 1.14 bits per heavy atom. The highest BCUT2D eigenvalue weighted by Crippen LogP contribution is 2.26. The van der Waals surface area contributed by atoms with E-state index >= 15 is 0 Å². The highest BCUT2D eigenvalue weighted by Gasteiger charge is 2.33. The van der Waals surface area contributed by atoms with Gasteiger partial charge in [-0.2, -0.15) is 0 Å². The number of nitrogens with zero attached hydrogens (tertiary/aromatic N) is 1. The lowest BCUT2D eigenvalue weighted by atomic mass is 9.92. The van der Waals surface area contributed by atoms with Crippen molar-refractivity contribution in [3.05, 3.63) is 64.7 Å². The minimum Gasteiger partial charge on any atom is -0.497 e. The van der Waals surface area contributed by atoms with E-state index in [0.717, 1.165) is 22.4 Å². The molecule has 1 aliphatic rings. The molecule has 0 saturated carbocycles. The van der Waals surface area contributed by atoms with Crippen molar-refractivity contribution in [2.24, 2.45) is 0 Å². The van der Waals surface area contributed by atoms with Crippen molar-refractivity contribution < 1.29 is 19.1 Å². The van der Waals surface area contributed by atoms with E-state index in [1.165, 1.54) is 0 Å². The van der Waals surface area contributed by atoms with E-state index in [0.29, 0.717) is 37.8 Å². The van der Waals surface area contributed by atoms with E-state index in [9.17, 15) is 9.59 Å². The number of ether oxygens (including phenoxy) is 2. The standard InChI is InChI=1S/C23H27NO4/c1-16-10-17(2)12-19(11-16)23(26)24-9-8-22(28-15-25)14-20(24)13-18-4-6-21(27-3)7-5-18/h4-7,10-12,15,20,22H,8-9,13-14H2,1-3H3/t20-,22+/m1/s1. The van der Waals surface area contributed by atoms with Crippen LogP contribution >= 0.6 is 0 Å². The second kappa shape index (κ2) is 8.91. The number of amides is 1. The van der Waals surface area contributed by atoms with Gasteiger partial charge in [0.1, 0.15) is 11.9 Å². The molecule has 5 nitrogen and oxygen atoms in total. The van der Waals surface area contributed by atoms with Gasteiger partial charge in [0.15, 0.2) is 0 Å². The molecule has 28 heavy (non-hydrogen) atoms. The molecule has 0 spiro atoms. The van der Waals surface area contributed by atoms with Gasteiger partial charge < -0.3 is 14.4 Å². The third kappa shape index (κ3) is 4.71. The summed E-state index contributed by atoms with van der Waals surface area (Å²) in [6.07, 6.45) is 1.86. The first-order valence-corrected chi connectivity index (χ1v) is 9.61. The van der Waals surface area contributed by atoms with Gasteiger partial charge in [-0.3, -0.25) is 9.59 Å². The van der Waals surface area contributed by atoms with Crippen LogP contribution in [0.1, 0.15) is 39.9 Å². The summed E-state index contributed by atoms with van der Waals surface area (Å²) in [5, 5.41) is 0. The van der Waals surface area contributed by atoms with E-state index in [1.54, 1.807) is 7.11 Å². The number of rotatable bonds is 6. The van der Waals surface area contributed by atoms with Gasteiger partial charge in [0, 0.05) is 31.0 Å². The van der Waals surface area contributed by atoms with Crippen LogP contribution < -0.4 is 4.74 Å². The van der Waals surface area contributed by atoms with Crippen molar-refractivity contribution in [2.45, 2.75) is 45.3 Å². The topological polar surface area (TPSA) is 55.8 Å². The number of aryl methyl sites for hydroxylation is 2. The molecular formula is C23H27NO4. The molecule has 0 aromatic heterocycles. The van der Waals surface area contributed by atoms with Crippen LogP contribution in [0.4, 0.5) is 0 Å². The molecule has 1 heterocycles. The number of likely N-dealkylation sites (tertiary alicyclic amines) is 1. The zero-order valence-corrected chi connectivity index (χ0v) is 16.7. The second-order valence-electron chi connectivity index (χ2n) is 7.46. The van der Waals surface area contributed by atoms with E-state index in [4.69, 9.17) is 9.47 Å². The van der Waals surface area contributed by atoms with E-state index in [-0.39, 0.29) is 18.1 Å². The Kier molecular flexibility index (Phi) is 6.34.